The highest BCUT2D eigenvalue weighted by Gasteiger charge is 2.34. The van der Waals surface area contributed by atoms with Crippen molar-refractivity contribution < 1.29 is 22.8 Å². The van der Waals surface area contributed by atoms with Gasteiger partial charge < -0.3 is 4.74 Å². The van der Waals surface area contributed by atoms with Crippen molar-refractivity contribution in [3.8, 4) is 22.8 Å². The normalized spacial score (nSPS) is 11.5. The molecule has 0 bridgehead atoms. The van der Waals surface area contributed by atoms with Gasteiger partial charge in [-0.1, -0.05) is 48.5 Å². The number of aromatic nitrogens is 2. The fraction of sp³-hybridized carbons (Fsp3) is 0.0741. The van der Waals surface area contributed by atoms with Crippen LogP contribution in [0.2, 0.25) is 0 Å². The van der Waals surface area contributed by atoms with E-state index in [-0.39, 0.29) is 17.7 Å². The quantitative estimate of drug-likeness (QED) is 0.183. The van der Waals surface area contributed by atoms with Gasteiger partial charge in [0.15, 0.2) is 0 Å². The lowest BCUT2D eigenvalue weighted by molar-refractivity contribution is -0.384. The summed E-state index contributed by atoms with van der Waals surface area (Å²) >= 11 is 0. The summed E-state index contributed by atoms with van der Waals surface area (Å²) in [6, 6.07) is 26.0. The predicted octanol–water partition coefficient (Wildman–Crippen LogP) is 7.47. The fourth-order valence-electron chi connectivity index (χ4n) is 4.03. The Morgan fingerprint density at radius 2 is 1.58 bits per heavy atom. The maximum absolute atomic E-state index is 13.7. The van der Waals surface area contributed by atoms with Crippen LogP contribution in [0.15, 0.2) is 97.1 Å². The number of rotatable bonds is 6. The SMILES string of the molecule is O=[N+]([O-])c1cccc(Oc2ccc(-c3c4cccc(C(F)(F)F)c4nn3Cc3ccccc3)cc2)c1. The fourth-order valence-corrected chi connectivity index (χ4v) is 4.03. The number of hydrogen-bond acceptors (Lipinski definition) is 4. The minimum absolute atomic E-state index is 0.0964. The zero-order valence-corrected chi connectivity index (χ0v) is 18.6. The van der Waals surface area contributed by atoms with Crippen LogP contribution in [0.1, 0.15) is 11.1 Å². The molecule has 1 aromatic heterocycles. The molecule has 6 nitrogen and oxygen atoms in total. The maximum atomic E-state index is 13.7. The number of halogens is 3. The van der Waals surface area contributed by atoms with Crippen molar-refractivity contribution in [2.24, 2.45) is 0 Å². The third-order valence-electron chi connectivity index (χ3n) is 5.64. The molecule has 0 radical (unpaired) electrons. The van der Waals surface area contributed by atoms with Crippen molar-refractivity contribution in [3.63, 3.8) is 0 Å². The van der Waals surface area contributed by atoms with Crippen molar-refractivity contribution in [1.82, 2.24) is 9.78 Å². The van der Waals surface area contributed by atoms with Crippen LogP contribution in [-0.4, -0.2) is 14.7 Å². The largest absolute Gasteiger partial charge is 0.457 e. The van der Waals surface area contributed by atoms with Crippen LogP contribution in [0.4, 0.5) is 18.9 Å². The molecule has 5 aromatic rings. The summed E-state index contributed by atoms with van der Waals surface area (Å²) in [7, 11) is 0. The molecular weight excluding hydrogens is 471 g/mol. The Hall–Kier alpha value is -4.66. The Morgan fingerprint density at radius 3 is 2.28 bits per heavy atom. The molecule has 0 saturated heterocycles. The van der Waals surface area contributed by atoms with Crippen LogP contribution in [0.25, 0.3) is 22.2 Å². The van der Waals surface area contributed by atoms with E-state index >= 15 is 0 Å². The molecule has 1 heterocycles. The Bertz CT molecular complexity index is 1550. The van der Waals surface area contributed by atoms with Gasteiger partial charge in [0.05, 0.1) is 28.8 Å². The molecule has 0 spiro atoms. The smallest absolute Gasteiger partial charge is 0.418 e. The molecule has 36 heavy (non-hydrogen) atoms. The van der Waals surface area contributed by atoms with Crippen LogP contribution in [-0.2, 0) is 12.7 Å². The molecule has 0 N–H and O–H groups in total. The van der Waals surface area contributed by atoms with Crippen LogP contribution in [0.3, 0.4) is 0 Å². The van der Waals surface area contributed by atoms with E-state index in [1.54, 1.807) is 41.1 Å². The van der Waals surface area contributed by atoms with Crippen molar-refractivity contribution in [2.45, 2.75) is 12.7 Å². The van der Waals surface area contributed by atoms with Crippen LogP contribution in [0, 0.1) is 10.1 Å². The Labute approximate surface area is 203 Å². The molecule has 4 aromatic carbocycles. The lowest BCUT2D eigenvalue weighted by atomic mass is 10.0. The minimum Gasteiger partial charge on any atom is -0.457 e. The lowest BCUT2D eigenvalue weighted by Gasteiger charge is -2.10. The Morgan fingerprint density at radius 1 is 0.861 bits per heavy atom. The molecule has 0 unspecified atom stereocenters. The summed E-state index contributed by atoms with van der Waals surface area (Å²) in [5.41, 5.74) is 1.08. The Kier molecular flexibility index (Phi) is 5.89. The molecule has 0 saturated carbocycles. The molecule has 0 aliphatic carbocycles. The Balaban J connectivity index is 1.56. The van der Waals surface area contributed by atoms with Gasteiger partial charge in [-0.3, -0.25) is 14.8 Å². The number of nitro benzene ring substituents is 1. The predicted molar refractivity (Wildman–Crippen MR) is 129 cm³/mol. The molecule has 0 amide bonds. The van der Waals surface area contributed by atoms with Gasteiger partial charge in [0.25, 0.3) is 5.69 Å². The van der Waals surface area contributed by atoms with E-state index < -0.39 is 16.7 Å². The number of ether oxygens (including phenoxy) is 1. The van der Waals surface area contributed by atoms with Crippen LogP contribution in [0.5, 0.6) is 11.5 Å². The monoisotopic (exact) mass is 489 g/mol. The molecular formula is C27H18F3N3O3. The van der Waals surface area contributed by atoms with Crippen LogP contribution >= 0.6 is 0 Å². The number of non-ortho nitro benzene ring substituents is 1. The van der Waals surface area contributed by atoms with Gasteiger partial charge in [0.2, 0.25) is 0 Å². The van der Waals surface area contributed by atoms with Crippen LogP contribution < -0.4 is 4.74 Å². The zero-order valence-electron chi connectivity index (χ0n) is 18.6. The summed E-state index contributed by atoms with van der Waals surface area (Å²) in [4.78, 5) is 10.5. The van der Waals surface area contributed by atoms with Gasteiger partial charge in [0, 0.05) is 17.0 Å². The second-order valence-corrected chi connectivity index (χ2v) is 8.07. The third-order valence-corrected chi connectivity index (χ3v) is 5.64. The lowest BCUT2D eigenvalue weighted by Crippen LogP contribution is -2.06. The standard InChI is InChI=1S/C27H18F3N3O3/c28-27(29,30)24-11-5-10-23-25(24)31-32(17-18-6-2-1-3-7-18)26(23)19-12-14-21(15-13-19)36-22-9-4-8-20(16-22)33(34)35/h1-16H,17H2. The molecule has 9 heteroatoms. The van der Waals surface area contributed by atoms with Gasteiger partial charge in [-0.05, 0) is 42.0 Å². The van der Waals surface area contributed by atoms with E-state index in [1.807, 2.05) is 30.3 Å². The van der Waals surface area contributed by atoms with Crippen molar-refractivity contribution >= 4 is 16.6 Å². The van der Waals surface area contributed by atoms with Gasteiger partial charge in [0.1, 0.15) is 17.0 Å². The first-order valence-corrected chi connectivity index (χ1v) is 10.9. The summed E-state index contributed by atoms with van der Waals surface area (Å²) in [6.45, 7) is 0.286. The van der Waals surface area contributed by atoms with E-state index in [2.05, 4.69) is 5.10 Å². The van der Waals surface area contributed by atoms with Gasteiger partial charge >= 0.3 is 6.18 Å². The van der Waals surface area contributed by atoms with E-state index in [1.165, 1.54) is 24.3 Å². The van der Waals surface area contributed by atoms with Crippen molar-refractivity contribution in [2.75, 3.05) is 0 Å². The number of alkyl halides is 3. The summed E-state index contributed by atoms with van der Waals surface area (Å²) in [5.74, 6) is 0.722. The van der Waals surface area contributed by atoms with Crippen molar-refractivity contribution in [3.05, 3.63) is 118 Å². The number of hydrogen-bond donors (Lipinski definition) is 0. The van der Waals surface area contributed by atoms with E-state index in [4.69, 9.17) is 4.74 Å². The number of nitrogens with zero attached hydrogens (tertiary/aromatic N) is 3. The molecule has 180 valence electrons. The van der Waals surface area contributed by atoms with E-state index in [9.17, 15) is 23.3 Å². The average molecular weight is 489 g/mol. The average Bonchev–Trinajstić information content (AvgIpc) is 3.22. The molecule has 0 aliphatic heterocycles. The maximum Gasteiger partial charge on any atom is 0.418 e. The summed E-state index contributed by atoms with van der Waals surface area (Å²) < 4.78 is 48.5. The third kappa shape index (κ3) is 4.63. The first kappa shape index (κ1) is 23.1. The summed E-state index contributed by atoms with van der Waals surface area (Å²) in [6.07, 6.45) is -4.54. The van der Waals surface area contributed by atoms with Gasteiger partial charge in [-0.15, -0.1) is 0 Å². The first-order valence-electron chi connectivity index (χ1n) is 10.9. The first-order chi connectivity index (χ1) is 17.3. The highest BCUT2D eigenvalue weighted by molar-refractivity contribution is 5.95. The number of benzene rings is 4. The molecule has 0 atom stereocenters. The van der Waals surface area contributed by atoms with Crippen molar-refractivity contribution in [1.29, 1.82) is 0 Å². The molecule has 0 fully saturated rings. The van der Waals surface area contributed by atoms with E-state index in [0.717, 1.165) is 11.6 Å². The van der Waals surface area contributed by atoms with E-state index in [0.29, 0.717) is 28.1 Å². The molecule has 0 aliphatic rings. The number of nitro groups is 1. The number of fused-ring (bicyclic) bond motifs is 1. The van der Waals surface area contributed by atoms with Gasteiger partial charge in [-0.2, -0.15) is 18.3 Å². The minimum atomic E-state index is -4.54. The second-order valence-electron chi connectivity index (χ2n) is 8.07. The highest BCUT2D eigenvalue weighted by atomic mass is 19.4. The van der Waals surface area contributed by atoms with Gasteiger partial charge in [-0.25, -0.2) is 0 Å². The highest BCUT2D eigenvalue weighted by Crippen LogP contribution is 2.38. The molecule has 5 rings (SSSR count). The topological polar surface area (TPSA) is 70.2 Å². The summed E-state index contributed by atoms with van der Waals surface area (Å²) in [5, 5.41) is 15.8. The second kappa shape index (κ2) is 9.18. The zero-order chi connectivity index (χ0) is 25.3.